The second-order valence-corrected chi connectivity index (χ2v) is 7.70. The highest BCUT2D eigenvalue weighted by Crippen LogP contribution is 2.21. The number of anilines is 1. The maximum atomic E-state index is 12.7. The number of carbonyl (C=O) groups is 3. The highest BCUT2D eigenvalue weighted by atomic mass is 16.5. The number of likely N-dealkylation sites (tertiary alicyclic amines) is 1. The molecular weight excluding hydrogens is 358 g/mol. The third-order valence-corrected chi connectivity index (χ3v) is 5.25. The van der Waals surface area contributed by atoms with E-state index in [2.05, 4.69) is 12.2 Å². The number of methoxy groups -OCH3 is 1. The molecule has 154 valence electrons. The number of aryl methyl sites for hydroxylation is 1. The van der Waals surface area contributed by atoms with Gasteiger partial charge in [-0.2, -0.15) is 0 Å². The summed E-state index contributed by atoms with van der Waals surface area (Å²) in [6.07, 6.45) is 2.18. The summed E-state index contributed by atoms with van der Waals surface area (Å²) in [5.41, 5.74) is 1.86. The Hall–Kier alpha value is -2.41. The van der Waals surface area contributed by atoms with Gasteiger partial charge in [0.15, 0.2) is 0 Å². The van der Waals surface area contributed by atoms with Gasteiger partial charge >= 0.3 is 11.8 Å². The van der Waals surface area contributed by atoms with Crippen molar-refractivity contribution < 1.29 is 19.1 Å². The number of rotatable bonds is 5. The van der Waals surface area contributed by atoms with Crippen molar-refractivity contribution in [3.05, 3.63) is 29.3 Å². The summed E-state index contributed by atoms with van der Waals surface area (Å²) in [5, 5.41) is 2.64. The van der Waals surface area contributed by atoms with Crippen LogP contribution < -0.4 is 5.32 Å². The van der Waals surface area contributed by atoms with Crippen LogP contribution in [0.4, 0.5) is 5.69 Å². The quantitative estimate of drug-likeness (QED) is 0.784. The summed E-state index contributed by atoms with van der Waals surface area (Å²) in [6, 6.07) is 4.93. The predicted octanol–water partition coefficient (Wildman–Crippen LogP) is 2.30. The summed E-state index contributed by atoms with van der Waals surface area (Å²) in [7, 11) is 3.12. The summed E-state index contributed by atoms with van der Waals surface area (Å²) in [5.74, 6) is -0.818. The number of carbonyl (C=O) groups excluding carboxylic acids is 3. The minimum atomic E-state index is -0.711. The van der Waals surface area contributed by atoms with E-state index in [0.29, 0.717) is 23.8 Å². The molecule has 7 nitrogen and oxygen atoms in total. The molecule has 28 heavy (non-hydrogen) atoms. The molecule has 2 rings (SSSR count). The standard InChI is InChI=1S/C21H31N3O4/c1-14-7-6-10-24(12-14)20(26)17-8-9-18(15(2)11-17)22-19(25)21(27)23(4)16(3)13-28-5/h8-9,11,14,16H,6-7,10,12-13H2,1-5H3,(H,22,25). The molecule has 1 heterocycles. The van der Waals surface area contributed by atoms with Crippen molar-refractivity contribution in [2.24, 2.45) is 5.92 Å². The van der Waals surface area contributed by atoms with Crippen molar-refractivity contribution in [1.82, 2.24) is 9.80 Å². The van der Waals surface area contributed by atoms with Gasteiger partial charge in [0.2, 0.25) is 0 Å². The molecule has 1 aliphatic heterocycles. The molecule has 0 spiro atoms. The maximum absolute atomic E-state index is 12.7. The van der Waals surface area contributed by atoms with Crippen LogP contribution in [0, 0.1) is 12.8 Å². The normalized spacial score (nSPS) is 17.8. The van der Waals surface area contributed by atoms with Crippen LogP contribution >= 0.6 is 0 Å². The Balaban J connectivity index is 2.04. The number of likely N-dealkylation sites (N-methyl/N-ethyl adjacent to an activating group) is 1. The smallest absolute Gasteiger partial charge is 0.313 e. The van der Waals surface area contributed by atoms with Crippen LogP contribution in [0.3, 0.4) is 0 Å². The number of nitrogens with one attached hydrogen (secondary N) is 1. The third kappa shape index (κ3) is 5.32. The Morgan fingerprint density at radius 2 is 2.07 bits per heavy atom. The molecule has 1 aliphatic rings. The SMILES string of the molecule is COCC(C)N(C)C(=O)C(=O)Nc1ccc(C(=O)N2CCCC(C)C2)cc1C. The fraction of sp³-hybridized carbons (Fsp3) is 0.571. The number of hydrogen-bond acceptors (Lipinski definition) is 4. The molecule has 1 aromatic rings. The Morgan fingerprint density at radius 1 is 1.36 bits per heavy atom. The van der Waals surface area contributed by atoms with Crippen LogP contribution in [-0.4, -0.2) is 67.4 Å². The fourth-order valence-electron chi connectivity index (χ4n) is 3.38. The van der Waals surface area contributed by atoms with E-state index >= 15 is 0 Å². The minimum Gasteiger partial charge on any atom is -0.383 e. The van der Waals surface area contributed by atoms with Gasteiger partial charge in [0.1, 0.15) is 0 Å². The van der Waals surface area contributed by atoms with E-state index < -0.39 is 11.8 Å². The molecule has 0 bridgehead atoms. The molecular formula is C21H31N3O4. The van der Waals surface area contributed by atoms with E-state index in [1.807, 2.05) is 18.7 Å². The van der Waals surface area contributed by atoms with Gasteiger partial charge in [-0.25, -0.2) is 0 Å². The molecule has 0 saturated carbocycles. The van der Waals surface area contributed by atoms with E-state index in [9.17, 15) is 14.4 Å². The van der Waals surface area contributed by atoms with Crippen molar-refractivity contribution in [3.63, 3.8) is 0 Å². The van der Waals surface area contributed by atoms with E-state index in [1.165, 1.54) is 4.90 Å². The Morgan fingerprint density at radius 3 is 2.68 bits per heavy atom. The number of amides is 3. The van der Waals surface area contributed by atoms with Crippen LogP contribution in [0.5, 0.6) is 0 Å². The first-order valence-corrected chi connectivity index (χ1v) is 9.71. The van der Waals surface area contributed by atoms with Gasteiger partial charge in [-0.15, -0.1) is 0 Å². The molecule has 1 aromatic carbocycles. The largest absolute Gasteiger partial charge is 0.383 e. The Bertz CT molecular complexity index is 734. The number of benzene rings is 1. The molecule has 3 amide bonds. The maximum Gasteiger partial charge on any atom is 0.313 e. The lowest BCUT2D eigenvalue weighted by atomic mass is 9.99. The summed E-state index contributed by atoms with van der Waals surface area (Å²) in [4.78, 5) is 40.6. The highest BCUT2D eigenvalue weighted by molar-refractivity contribution is 6.39. The van der Waals surface area contributed by atoms with Gasteiger partial charge in [-0.05, 0) is 56.4 Å². The topological polar surface area (TPSA) is 79.0 Å². The van der Waals surface area contributed by atoms with Gasteiger partial charge in [0, 0.05) is 38.5 Å². The molecule has 1 fully saturated rings. The van der Waals surface area contributed by atoms with Crippen LogP contribution in [0.1, 0.15) is 42.6 Å². The van der Waals surface area contributed by atoms with Crippen LogP contribution in [0.25, 0.3) is 0 Å². The second kappa shape index (κ2) is 9.68. The average molecular weight is 389 g/mol. The number of nitrogens with zero attached hydrogens (tertiary/aromatic N) is 2. The minimum absolute atomic E-state index is 0.0109. The lowest BCUT2D eigenvalue weighted by Crippen LogP contribution is -2.43. The zero-order chi connectivity index (χ0) is 20.8. The van der Waals surface area contributed by atoms with Gasteiger partial charge in [-0.3, -0.25) is 14.4 Å². The van der Waals surface area contributed by atoms with Crippen molar-refractivity contribution in [2.45, 2.75) is 39.7 Å². The van der Waals surface area contributed by atoms with E-state index in [0.717, 1.165) is 31.5 Å². The summed E-state index contributed by atoms with van der Waals surface area (Å²) >= 11 is 0. The first-order chi connectivity index (χ1) is 13.2. The Labute approximate surface area is 167 Å². The third-order valence-electron chi connectivity index (χ3n) is 5.25. The van der Waals surface area contributed by atoms with Crippen LogP contribution in [0.2, 0.25) is 0 Å². The van der Waals surface area contributed by atoms with Crippen LogP contribution in [-0.2, 0) is 14.3 Å². The van der Waals surface area contributed by atoms with Crippen molar-refractivity contribution in [3.8, 4) is 0 Å². The van der Waals surface area contributed by atoms with Crippen molar-refractivity contribution in [2.75, 3.05) is 39.2 Å². The van der Waals surface area contributed by atoms with Gasteiger partial charge in [0.05, 0.1) is 12.6 Å². The first-order valence-electron chi connectivity index (χ1n) is 9.71. The van der Waals surface area contributed by atoms with Gasteiger partial charge < -0.3 is 19.9 Å². The van der Waals surface area contributed by atoms with Crippen LogP contribution in [0.15, 0.2) is 18.2 Å². The lowest BCUT2D eigenvalue weighted by molar-refractivity contribution is -0.144. The highest BCUT2D eigenvalue weighted by Gasteiger charge is 2.25. The van der Waals surface area contributed by atoms with E-state index in [-0.39, 0.29) is 11.9 Å². The molecule has 7 heteroatoms. The number of ether oxygens (including phenoxy) is 1. The van der Waals surface area contributed by atoms with Crippen molar-refractivity contribution >= 4 is 23.4 Å². The Kier molecular flexibility index (Phi) is 7.57. The zero-order valence-corrected chi connectivity index (χ0v) is 17.4. The molecule has 1 N–H and O–H groups in total. The number of hydrogen-bond donors (Lipinski definition) is 1. The number of piperidine rings is 1. The predicted molar refractivity (Wildman–Crippen MR) is 108 cm³/mol. The molecule has 2 unspecified atom stereocenters. The molecule has 1 saturated heterocycles. The van der Waals surface area contributed by atoms with E-state index in [1.54, 1.807) is 32.4 Å². The lowest BCUT2D eigenvalue weighted by Gasteiger charge is -2.31. The van der Waals surface area contributed by atoms with Crippen molar-refractivity contribution in [1.29, 1.82) is 0 Å². The average Bonchev–Trinajstić information content (AvgIpc) is 2.67. The summed E-state index contributed by atoms with van der Waals surface area (Å²) in [6.45, 7) is 7.68. The monoisotopic (exact) mass is 389 g/mol. The van der Waals surface area contributed by atoms with E-state index in [4.69, 9.17) is 4.74 Å². The molecule has 0 aromatic heterocycles. The molecule has 0 aliphatic carbocycles. The molecule has 0 radical (unpaired) electrons. The second-order valence-electron chi connectivity index (χ2n) is 7.70. The summed E-state index contributed by atoms with van der Waals surface area (Å²) < 4.78 is 5.02. The first kappa shape index (κ1) is 21.9. The fourth-order valence-corrected chi connectivity index (χ4v) is 3.38. The van der Waals surface area contributed by atoms with Gasteiger partial charge in [0.25, 0.3) is 5.91 Å². The molecule has 2 atom stereocenters. The van der Waals surface area contributed by atoms with Gasteiger partial charge in [-0.1, -0.05) is 6.92 Å². The zero-order valence-electron chi connectivity index (χ0n) is 17.4.